The molecule has 0 radical (unpaired) electrons. The summed E-state index contributed by atoms with van der Waals surface area (Å²) in [7, 11) is -0.934. The molecule has 2 saturated carbocycles. The normalized spacial score (nSPS) is 17.2. The molecule has 0 amide bonds. The molecule has 0 aliphatic heterocycles. The number of aromatic nitrogens is 1. The lowest BCUT2D eigenvalue weighted by Gasteiger charge is -2.39. The molecule has 0 unspecified atom stereocenters. The highest BCUT2D eigenvalue weighted by Gasteiger charge is 2.37. The van der Waals surface area contributed by atoms with Crippen LogP contribution >= 0.6 is 26.9 Å². The molecule has 8 rings (SSSR count). The number of hydrogen-bond acceptors (Lipinski definition) is 1. The Balaban J connectivity index is 1.46. The van der Waals surface area contributed by atoms with E-state index in [4.69, 9.17) is 0 Å². The quantitative estimate of drug-likeness (QED) is 0.169. The van der Waals surface area contributed by atoms with Crippen LogP contribution in [0.2, 0.25) is 0 Å². The van der Waals surface area contributed by atoms with Crippen molar-refractivity contribution in [2.24, 2.45) is 0 Å². The molecular formula is C39H43NP2S. The summed E-state index contributed by atoms with van der Waals surface area (Å²) in [5, 5.41) is 9.10. The van der Waals surface area contributed by atoms with Crippen LogP contribution in [0.15, 0.2) is 72.8 Å². The fraction of sp³-hybridized carbons (Fsp3) is 0.385. The van der Waals surface area contributed by atoms with Crippen LogP contribution in [0.25, 0.3) is 43.2 Å². The first kappa shape index (κ1) is 28.1. The molecular weight excluding hydrogens is 576 g/mol. The van der Waals surface area contributed by atoms with Crippen molar-refractivity contribution in [1.82, 2.24) is 4.34 Å². The average molecular weight is 620 g/mol. The number of para-hydroxylation sites is 1. The van der Waals surface area contributed by atoms with Crippen molar-refractivity contribution >= 4 is 64.2 Å². The summed E-state index contributed by atoms with van der Waals surface area (Å²) in [6.45, 7) is 7.35. The second-order valence-corrected chi connectivity index (χ2v) is 19.2. The first-order valence-electron chi connectivity index (χ1n) is 16.6. The molecule has 3 aromatic carbocycles. The largest absolute Gasteiger partial charge is 0.294 e. The zero-order valence-corrected chi connectivity index (χ0v) is 28.5. The molecule has 3 heterocycles. The molecule has 0 saturated heterocycles. The lowest BCUT2D eigenvalue weighted by molar-refractivity contribution is 0.487. The topological polar surface area (TPSA) is 4.93 Å². The summed E-state index contributed by atoms with van der Waals surface area (Å²) in [4.78, 5) is 3.15. The second-order valence-electron chi connectivity index (χ2n) is 13.1. The van der Waals surface area contributed by atoms with Gasteiger partial charge in [-0.2, -0.15) is 0 Å². The molecule has 0 spiro atoms. The van der Waals surface area contributed by atoms with Gasteiger partial charge in [-0.05, 0) is 105 Å². The van der Waals surface area contributed by atoms with E-state index in [1.54, 1.807) is 15.7 Å². The van der Waals surface area contributed by atoms with Crippen molar-refractivity contribution in [2.45, 2.75) is 96.3 Å². The first-order chi connectivity index (χ1) is 21.1. The van der Waals surface area contributed by atoms with Crippen molar-refractivity contribution in [3.8, 4) is 11.3 Å². The lowest BCUT2D eigenvalue weighted by Crippen LogP contribution is -2.27. The Morgan fingerprint density at radius 1 is 0.628 bits per heavy atom. The summed E-state index contributed by atoms with van der Waals surface area (Å²) in [5.41, 5.74) is 7.83. The number of nitrogens with zero attached hydrogens (tertiary/aromatic N) is 1. The molecule has 0 N–H and O–H groups in total. The van der Waals surface area contributed by atoms with Crippen LogP contribution in [0.4, 0.5) is 0 Å². The Kier molecular flexibility index (Phi) is 7.54. The van der Waals surface area contributed by atoms with Gasteiger partial charge in [-0.3, -0.25) is 4.34 Å². The smallest absolute Gasteiger partial charge is 0.0620 e. The Morgan fingerprint density at radius 2 is 1.14 bits per heavy atom. The zero-order chi connectivity index (χ0) is 29.1. The van der Waals surface area contributed by atoms with Gasteiger partial charge < -0.3 is 0 Å². The number of hydrogen-bond donors (Lipinski definition) is 0. The molecule has 2 aliphatic rings. The van der Waals surface area contributed by atoms with E-state index in [0.29, 0.717) is 0 Å². The minimum atomic E-state index is -0.731. The van der Waals surface area contributed by atoms with Gasteiger partial charge in [0, 0.05) is 30.9 Å². The van der Waals surface area contributed by atoms with Gasteiger partial charge >= 0.3 is 0 Å². The molecule has 6 aromatic rings. The molecule has 0 bridgehead atoms. The van der Waals surface area contributed by atoms with Crippen molar-refractivity contribution in [2.75, 3.05) is 0 Å². The highest BCUT2D eigenvalue weighted by Crippen LogP contribution is 2.60. The third-order valence-corrected chi connectivity index (χ3v) is 17.9. The van der Waals surface area contributed by atoms with Crippen LogP contribution < -0.4 is 5.30 Å². The Morgan fingerprint density at radius 3 is 1.72 bits per heavy atom. The summed E-state index contributed by atoms with van der Waals surface area (Å²) < 4.78 is 2.85. The number of fused-ring (bicyclic) bond motifs is 4. The van der Waals surface area contributed by atoms with Crippen molar-refractivity contribution in [3.05, 3.63) is 88.1 Å². The molecule has 43 heavy (non-hydrogen) atoms. The van der Waals surface area contributed by atoms with E-state index in [1.807, 2.05) is 0 Å². The van der Waals surface area contributed by atoms with Gasteiger partial charge in [0.1, 0.15) is 0 Å². The maximum atomic E-state index is 2.85. The van der Waals surface area contributed by atoms with Gasteiger partial charge in [0.05, 0.1) is 11.2 Å². The lowest BCUT2D eigenvalue weighted by atomic mass is 9.99. The monoisotopic (exact) mass is 619 g/mol. The fourth-order valence-corrected chi connectivity index (χ4v) is 17.0. The van der Waals surface area contributed by atoms with Crippen LogP contribution in [0.1, 0.15) is 79.5 Å². The van der Waals surface area contributed by atoms with E-state index >= 15 is 0 Å². The van der Waals surface area contributed by atoms with Gasteiger partial charge in [0.2, 0.25) is 0 Å². The van der Waals surface area contributed by atoms with Crippen molar-refractivity contribution in [1.29, 1.82) is 0 Å². The van der Waals surface area contributed by atoms with Crippen LogP contribution in [-0.4, -0.2) is 15.7 Å². The number of aryl methyl sites for hydroxylation is 3. The third-order valence-electron chi connectivity index (χ3n) is 10.5. The summed E-state index contributed by atoms with van der Waals surface area (Å²) >= 11 is 2.10. The van der Waals surface area contributed by atoms with Gasteiger partial charge in [-0.1, -0.05) is 101 Å². The summed E-state index contributed by atoms with van der Waals surface area (Å²) in [6, 6.07) is 27.8. The second kappa shape index (κ2) is 11.5. The Bertz CT molecular complexity index is 1870. The first-order valence-corrected chi connectivity index (χ1v) is 20.2. The average Bonchev–Trinajstić information content (AvgIpc) is 3.64. The van der Waals surface area contributed by atoms with Crippen molar-refractivity contribution in [3.63, 3.8) is 0 Å². The maximum absolute atomic E-state index is 2.85. The van der Waals surface area contributed by atoms with E-state index in [9.17, 15) is 0 Å². The molecule has 0 atom stereocenters. The molecule has 2 fully saturated rings. The predicted octanol–water partition coefficient (Wildman–Crippen LogP) is 12.7. The predicted molar refractivity (Wildman–Crippen MR) is 195 cm³/mol. The standard InChI is InChI=1S/C39H43NP2S/c1-26-31-20-10-13-23-34(31)40(42-35-24-14-11-21-32(35)33-22-12-15-25-36(33)42)38(26)37-27(2)43-28(3)39(37)41(29-16-6-4-7-17-29)30-18-8-5-9-19-30/h10-15,20-25,29-30H,4-9,16-19H2,1-3H3. The third kappa shape index (κ3) is 4.59. The van der Waals surface area contributed by atoms with E-state index in [2.05, 4.69) is 109 Å². The molecule has 2 aliphatic carbocycles. The molecule has 1 nitrogen and oxygen atoms in total. The number of rotatable bonds is 5. The van der Waals surface area contributed by atoms with Crippen LogP contribution in [0.3, 0.4) is 0 Å². The maximum Gasteiger partial charge on any atom is 0.0620 e. The molecule has 220 valence electrons. The van der Waals surface area contributed by atoms with Gasteiger partial charge in [-0.15, -0.1) is 11.3 Å². The highest BCUT2D eigenvalue weighted by molar-refractivity contribution is 7.68. The molecule has 3 aromatic heterocycles. The summed E-state index contributed by atoms with van der Waals surface area (Å²) in [5.74, 6) is 0. The Hall–Kier alpha value is -2.37. The highest BCUT2D eigenvalue weighted by atomic mass is 32.1. The zero-order valence-electron chi connectivity index (χ0n) is 25.9. The van der Waals surface area contributed by atoms with E-state index < -0.39 is 7.68 Å². The fourth-order valence-electron chi connectivity index (χ4n) is 8.64. The van der Waals surface area contributed by atoms with Crippen LogP contribution in [0.5, 0.6) is 0 Å². The van der Waals surface area contributed by atoms with Crippen molar-refractivity contribution < 1.29 is 0 Å². The summed E-state index contributed by atoms with van der Waals surface area (Å²) in [6.07, 6.45) is 14.4. The van der Waals surface area contributed by atoms with E-state index in [-0.39, 0.29) is 7.92 Å². The van der Waals surface area contributed by atoms with Gasteiger partial charge in [0.25, 0.3) is 0 Å². The van der Waals surface area contributed by atoms with E-state index in [1.165, 1.54) is 112 Å². The minimum Gasteiger partial charge on any atom is -0.294 e. The van der Waals surface area contributed by atoms with E-state index in [0.717, 1.165) is 11.3 Å². The van der Waals surface area contributed by atoms with Gasteiger partial charge in [0.15, 0.2) is 0 Å². The SMILES string of the molecule is Cc1sc(C)c(P(C2CCCCC2)C2CCCCC2)c1-c1c(C)c2ccccc2n1-p1c2ccccc2c2ccccc21. The Labute approximate surface area is 263 Å². The van der Waals surface area contributed by atoms with Gasteiger partial charge in [-0.25, -0.2) is 0 Å². The van der Waals surface area contributed by atoms with Crippen LogP contribution in [-0.2, 0) is 0 Å². The number of thiophene rings is 1. The number of benzene rings is 3. The molecule has 4 heteroatoms. The minimum absolute atomic E-state index is 0.204. The van der Waals surface area contributed by atoms with Crippen LogP contribution in [0, 0.1) is 20.8 Å².